The molecule has 0 aromatic heterocycles. The number of hydrogen-bond donors (Lipinski definition) is 1. The van der Waals surface area contributed by atoms with E-state index in [9.17, 15) is 23.7 Å². The topological polar surface area (TPSA) is 81.5 Å². The van der Waals surface area contributed by atoms with E-state index in [0.29, 0.717) is 11.1 Å². The summed E-state index contributed by atoms with van der Waals surface area (Å²) in [5, 5.41) is 13.5. The van der Waals surface area contributed by atoms with Crippen molar-refractivity contribution in [2.45, 2.75) is 26.5 Å². The fraction of sp³-hybridized carbons (Fsp3) is 0.235. The third kappa shape index (κ3) is 4.72. The van der Waals surface area contributed by atoms with Crippen LogP contribution in [0.25, 0.3) is 0 Å². The molecule has 0 saturated heterocycles. The second-order valence-corrected chi connectivity index (χ2v) is 5.40. The molecule has 0 bridgehead atoms. The molecule has 2 aromatic rings. The minimum Gasteiger partial charge on any atom is -0.435 e. The van der Waals surface area contributed by atoms with Gasteiger partial charge in [0.2, 0.25) is 0 Å². The standard InChI is InChI=1S/C17H16F2N2O4/c1-10-8-13(6-7-15(10)21(23)24)16(22)20-11(2)12-4-3-5-14(9-12)25-17(18)19/h3-9,11,17H,1-2H3,(H,20,22). The van der Waals surface area contributed by atoms with Crippen molar-refractivity contribution in [3.63, 3.8) is 0 Å². The van der Waals surface area contributed by atoms with Gasteiger partial charge in [-0.3, -0.25) is 14.9 Å². The molecular formula is C17H16F2N2O4. The molecule has 0 radical (unpaired) electrons. The summed E-state index contributed by atoms with van der Waals surface area (Å²) in [5.41, 5.74) is 1.17. The van der Waals surface area contributed by atoms with E-state index in [2.05, 4.69) is 10.1 Å². The number of nitrogens with one attached hydrogen (secondary N) is 1. The zero-order valence-corrected chi connectivity index (χ0v) is 13.5. The fourth-order valence-corrected chi connectivity index (χ4v) is 2.32. The van der Waals surface area contributed by atoms with E-state index in [1.165, 1.54) is 30.3 Å². The zero-order valence-electron chi connectivity index (χ0n) is 13.5. The Labute approximate surface area is 142 Å². The molecule has 0 aliphatic carbocycles. The van der Waals surface area contributed by atoms with Gasteiger partial charge in [0, 0.05) is 17.2 Å². The monoisotopic (exact) mass is 350 g/mol. The highest BCUT2D eigenvalue weighted by molar-refractivity contribution is 5.95. The average molecular weight is 350 g/mol. The number of carbonyl (C=O) groups excluding carboxylic acids is 1. The number of rotatable bonds is 6. The van der Waals surface area contributed by atoms with Crippen molar-refractivity contribution in [1.82, 2.24) is 5.32 Å². The lowest BCUT2D eigenvalue weighted by molar-refractivity contribution is -0.385. The van der Waals surface area contributed by atoms with E-state index in [-0.39, 0.29) is 17.0 Å². The summed E-state index contributed by atoms with van der Waals surface area (Å²) in [6.07, 6.45) is 0. The number of benzene rings is 2. The van der Waals surface area contributed by atoms with Gasteiger partial charge in [-0.2, -0.15) is 8.78 Å². The SMILES string of the molecule is Cc1cc(C(=O)NC(C)c2cccc(OC(F)F)c2)ccc1[N+](=O)[O-]. The van der Waals surface area contributed by atoms with Crippen LogP contribution in [0.2, 0.25) is 0 Å². The van der Waals surface area contributed by atoms with Gasteiger partial charge in [-0.25, -0.2) is 0 Å². The number of hydrogen-bond acceptors (Lipinski definition) is 4. The number of aryl methyl sites for hydroxylation is 1. The molecule has 1 amide bonds. The molecule has 132 valence electrons. The van der Waals surface area contributed by atoms with E-state index >= 15 is 0 Å². The van der Waals surface area contributed by atoms with E-state index in [4.69, 9.17) is 0 Å². The second-order valence-electron chi connectivity index (χ2n) is 5.40. The fourth-order valence-electron chi connectivity index (χ4n) is 2.32. The lowest BCUT2D eigenvalue weighted by atomic mass is 10.1. The van der Waals surface area contributed by atoms with Crippen molar-refractivity contribution in [3.05, 3.63) is 69.3 Å². The Morgan fingerprint density at radius 3 is 2.56 bits per heavy atom. The quantitative estimate of drug-likeness (QED) is 0.631. The number of nitro groups is 1. The molecule has 0 saturated carbocycles. The Bertz CT molecular complexity index is 796. The predicted molar refractivity (Wildman–Crippen MR) is 86.8 cm³/mol. The van der Waals surface area contributed by atoms with Gasteiger partial charge in [0.1, 0.15) is 5.75 Å². The highest BCUT2D eigenvalue weighted by atomic mass is 19.3. The van der Waals surface area contributed by atoms with E-state index in [1.807, 2.05) is 0 Å². The van der Waals surface area contributed by atoms with Crippen molar-refractivity contribution >= 4 is 11.6 Å². The number of amides is 1. The summed E-state index contributed by atoms with van der Waals surface area (Å²) < 4.78 is 28.9. The van der Waals surface area contributed by atoms with Crippen LogP contribution < -0.4 is 10.1 Å². The molecule has 1 atom stereocenters. The molecular weight excluding hydrogens is 334 g/mol. The van der Waals surface area contributed by atoms with Gasteiger partial charge in [0.05, 0.1) is 11.0 Å². The molecule has 2 aromatic carbocycles. The molecule has 0 fully saturated rings. The Balaban J connectivity index is 2.12. The van der Waals surface area contributed by atoms with Crippen LogP contribution in [0.3, 0.4) is 0 Å². The zero-order chi connectivity index (χ0) is 18.6. The Kier molecular flexibility index (Phi) is 5.63. The number of nitro benzene ring substituents is 1. The smallest absolute Gasteiger partial charge is 0.387 e. The van der Waals surface area contributed by atoms with Crippen LogP contribution in [0.15, 0.2) is 42.5 Å². The summed E-state index contributed by atoms with van der Waals surface area (Å²) in [7, 11) is 0. The molecule has 1 unspecified atom stereocenters. The maximum absolute atomic E-state index is 12.3. The van der Waals surface area contributed by atoms with Crippen molar-refractivity contribution in [1.29, 1.82) is 0 Å². The largest absolute Gasteiger partial charge is 0.435 e. The molecule has 0 spiro atoms. The Hall–Kier alpha value is -3.03. The summed E-state index contributed by atoms with van der Waals surface area (Å²) in [6, 6.07) is 9.62. The van der Waals surface area contributed by atoms with Crippen LogP contribution in [-0.2, 0) is 0 Å². The minimum atomic E-state index is -2.93. The number of alkyl halides is 2. The maximum atomic E-state index is 12.3. The minimum absolute atomic E-state index is 0.000204. The first-order chi connectivity index (χ1) is 11.8. The van der Waals surface area contributed by atoms with Gasteiger partial charge in [-0.1, -0.05) is 12.1 Å². The molecule has 2 rings (SSSR count). The molecule has 6 nitrogen and oxygen atoms in total. The van der Waals surface area contributed by atoms with Gasteiger partial charge in [-0.05, 0) is 43.7 Å². The van der Waals surface area contributed by atoms with Crippen molar-refractivity contribution in [2.75, 3.05) is 0 Å². The highest BCUT2D eigenvalue weighted by Gasteiger charge is 2.16. The Morgan fingerprint density at radius 2 is 1.96 bits per heavy atom. The normalized spacial score (nSPS) is 11.9. The third-order valence-electron chi connectivity index (χ3n) is 3.59. The van der Waals surface area contributed by atoms with Crippen molar-refractivity contribution < 1.29 is 23.2 Å². The van der Waals surface area contributed by atoms with Gasteiger partial charge >= 0.3 is 6.61 Å². The Morgan fingerprint density at radius 1 is 1.24 bits per heavy atom. The second kappa shape index (κ2) is 7.69. The first-order valence-electron chi connectivity index (χ1n) is 7.38. The molecule has 0 aliphatic heterocycles. The summed E-state index contributed by atoms with van der Waals surface area (Å²) >= 11 is 0. The average Bonchev–Trinajstić information content (AvgIpc) is 2.53. The van der Waals surface area contributed by atoms with Crippen molar-refractivity contribution in [3.8, 4) is 5.75 Å². The van der Waals surface area contributed by atoms with E-state index in [0.717, 1.165) is 0 Å². The van der Waals surface area contributed by atoms with E-state index in [1.54, 1.807) is 26.0 Å². The molecule has 1 N–H and O–H groups in total. The predicted octanol–water partition coefficient (Wildman–Crippen LogP) is 4.00. The number of ether oxygens (including phenoxy) is 1. The van der Waals surface area contributed by atoms with Crippen LogP contribution in [-0.4, -0.2) is 17.4 Å². The number of carbonyl (C=O) groups is 1. The van der Waals surface area contributed by atoms with Gasteiger partial charge in [-0.15, -0.1) is 0 Å². The maximum Gasteiger partial charge on any atom is 0.387 e. The van der Waals surface area contributed by atoms with Crippen LogP contribution in [0.1, 0.15) is 34.5 Å². The highest BCUT2D eigenvalue weighted by Crippen LogP contribution is 2.22. The van der Waals surface area contributed by atoms with E-state index < -0.39 is 23.5 Å². The lowest BCUT2D eigenvalue weighted by Crippen LogP contribution is -2.26. The molecule has 8 heteroatoms. The van der Waals surface area contributed by atoms with Gasteiger partial charge < -0.3 is 10.1 Å². The third-order valence-corrected chi connectivity index (χ3v) is 3.59. The first kappa shape index (κ1) is 18.3. The lowest BCUT2D eigenvalue weighted by Gasteiger charge is -2.16. The molecule has 0 heterocycles. The first-order valence-corrected chi connectivity index (χ1v) is 7.38. The summed E-state index contributed by atoms with van der Waals surface area (Å²) in [6.45, 7) is 0.310. The van der Waals surface area contributed by atoms with Gasteiger partial charge in [0.25, 0.3) is 11.6 Å². The number of nitrogens with zero attached hydrogens (tertiary/aromatic N) is 1. The summed E-state index contributed by atoms with van der Waals surface area (Å²) in [4.78, 5) is 22.6. The molecule has 25 heavy (non-hydrogen) atoms. The van der Waals surface area contributed by atoms with Crippen LogP contribution in [0, 0.1) is 17.0 Å². The molecule has 0 aliphatic rings. The van der Waals surface area contributed by atoms with Crippen LogP contribution in [0.4, 0.5) is 14.5 Å². The summed E-state index contributed by atoms with van der Waals surface area (Å²) in [5.74, 6) is -0.426. The van der Waals surface area contributed by atoms with Gasteiger partial charge in [0.15, 0.2) is 0 Å². The van der Waals surface area contributed by atoms with Crippen LogP contribution in [0.5, 0.6) is 5.75 Å². The van der Waals surface area contributed by atoms with Crippen molar-refractivity contribution in [2.24, 2.45) is 0 Å². The number of halogens is 2. The van der Waals surface area contributed by atoms with Crippen LogP contribution >= 0.6 is 0 Å².